The number of nitrogens with zero attached hydrogens (tertiary/aromatic N) is 4. The van der Waals surface area contributed by atoms with Crippen molar-refractivity contribution in [2.75, 3.05) is 7.05 Å². The minimum absolute atomic E-state index is 0.370. The van der Waals surface area contributed by atoms with Crippen LogP contribution in [0.4, 0.5) is 0 Å². The largest absolute Gasteiger partial charge is 0.487 e. The van der Waals surface area contributed by atoms with E-state index in [9.17, 15) is 0 Å². The molecule has 2 aromatic heterocycles. The van der Waals surface area contributed by atoms with Gasteiger partial charge in [0.2, 0.25) is 5.89 Å². The van der Waals surface area contributed by atoms with Gasteiger partial charge in [-0.1, -0.05) is 47.2 Å². The molecule has 2 aromatic carbocycles. The number of aryl methyl sites for hydroxylation is 3. The Morgan fingerprint density at radius 1 is 1.00 bits per heavy atom. The first-order chi connectivity index (χ1) is 16.7. The SMILES string of the molecule is CNCc1cn(CCCCc2ccc(OCc3coc(/C=C/c4ccc(C)cc4)n3)cc2)nn1. The topological polar surface area (TPSA) is 78.0 Å². The number of rotatable bonds is 12. The van der Waals surface area contributed by atoms with Gasteiger partial charge in [-0.05, 0) is 62.6 Å². The van der Waals surface area contributed by atoms with Gasteiger partial charge < -0.3 is 14.5 Å². The van der Waals surface area contributed by atoms with Crippen molar-refractivity contribution < 1.29 is 9.15 Å². The molecule has 0 saturated carbocycles. The minimum Gasteiger partial charge on any atom is -0.487 e. The summed E-state index contributed by atoms with van der Waals surface area (Å²) >= 11 is 0. The molecule has 0 atom stereocenters. The molecule has 0 aliphatic heterocycles. The minimum atomic E-state index is 0.370. The molecule has 0 bridgehead atoms. The van der Waals surface area contributed by atoms with Crippen LogP contribution in [0.2, 0.25) is 0 Å². The first kappa shape index (κ1) is 23.4. The maximum atomic E-state index is 5.87. The molecule has 176 valence electrons. The summed E-state index contributed by atoms with van der Waals surface area (Å²) in [7, 11) is 1.91. The van der Waals surface area contributed by atoms with Crippen LogP contribution in [0, 0.1) is 6.92 Å². The molecular formula is C27H31N5O2. The fourth-order valence-corrected chi connectivity index (χ4v) is 3.53. The Balaban J connectivity index is 1.18. The van der Waals surface area contributed by atoms with Gasteiger partial charge in [-0.2, -0.15) is 0 Å². The van der Waals surface area contributed by atoms with E-state index in [4.69, 9.17) is 9.15 Å². The number of aromatic nitrogens is 4. The third kappa shape index (κ3) is 7.15. The standard InChI is InChI=1S/C27H31N5O2/c1-21-6-8-23(9-7-21)12-15-27-29-25(20-34-27)19-33-26-13-10-22(11-14-26)5-3-4-16-32-18-24(17-28-2)30-31-32/h6-15,18,20,28H,3-5,16-17,19H2,1-2H3/b15-12+. The quantitative estimate of drug-likeness (QED) is 0.299. The highest BCUT2D eigenvalue weighted by molar-refractivity contribution is 5.66. The number of benzene rings is 2. The molecule has 1 N–H and O–H groups in total. The van der Waals surface area contributed by atoms with E-state index in [-0.39, 0.29) is 0 Å². The van der Waals surface area contributed by atoms with Crippen molar-refractivity contribution in [2.24, 2.45) is 0 Å². The Kier molecular flexibility index (Phi) is 8.24. The summed E-state index contributed by atoms with van der Waals surface area (Å²) < 4.78 is 13.3. The molecule has 4 aromatic rings. The molecule has 0 radical (unpaired) electrons. The highest BCUT2D eigenvalue weighted by Crippen LogP contribution is 2.16. The Labute approximate surface area is 200 Å². The van der Waals surface area contributed by atoms with Gasteiger partial charge in [0.15, 0.2) is 0 Å². The van der Waals surface area contributed by atoms with Gasteiger partial charge in [0.1, 0.15) is 24.3 Å². The zero-order chi connectivity index (χ0) is 23.6. The molecule has 7 heteroatoms. The molecule has 34 heavy (non-hydrogen) atoms. The van der Waals surface area contributed by atoms with Crippen LogP contribution < -0.4 is 10.1 Å². The van der Waals surface area contributed by atoms with Crippen molar-refractivity contribution in [3.8, 4) is 5.75 Å². The zero-order valence-electron chi connectivity index (χ0n) is 19.8. The van der Waals surface area contributed by atoms with Crippen molar-refractivity contribution in [1.82, 2.24) is 25.3 Å². The second-order valence-corrected chi connectivity index (χ2v) is 8.31. The summed E-state index contributed by atoms with van der Waals surface area (Å²) in [4.78, 5) is 4.47. The lowest BCUT2D eigenvalue weighted by Crippen LogP contribution is -2.05. The second kappa shape index (κ2) is 12.0. The molecule has 0 aliphatic rings. The van der Waals surface area contributed by atoms with Gasteiger partial charge in [0.05, 0.1) is 5.69 Å². The second-order valence-electron chi connectivity index (χ2n) is 8.31. The van der Waals surface area contributed by atoms with Gasteiger partial charge in [-0.25, -0.2) is 4.98 Å². The van der Waals surface area contributed by atoms with Crippen LogP contribution in [-0.2, 0) is 26.1 Å². The first-order valence-corrected chi connectivity index (χ1v) is 11.6. The highest BCUT2D eigenvalue weighted by atomic mass is 16.5. The van der Waals surface area contributed by atoms with Gasteiger partial charge >= 0.3 is 0 Å². The molecule has 0 spiro atoms. The summed E-state index contributed by atoms with van der Waals surface area (Å²) in [5.74, 6) is 1.39. The van der Waals surface area contributed by atoms with Crippen molar-refractivity contribution in [3.05, 3.63) is 95.0 Å². The average molecular weight is 458 g/mol. The normalized spacial score (nSPS) is 11.4. The van der Waals surface area contributed by atoms with E-state index in [0.29, 0.717) is 12.5 Å². The van der Waals surface area contributed by atoms with Crippen molar-refractivity contribution in [1.29, 1.82) is 0 Å². The molecule has 0 unspecified atom stereocenters. The van der Waals surface area contributed by atoms with Crippen LogP contribution in [0.3, 0.4) is 0 Å². The van der Waals surface area contributed by atoms with E-state index in [1.165, 1.54) is 11.1 Å². The number of unbranched alkanes of at least 4 members (excludes halogenated alkanes) is 1. The third-order valence-corrected chi connectivity index (χ3v) is 5.42. The van der Waals surface area contributed by atoms with Gasteiger partial charge in [0, 0.05) is 25.4 Å². The lowest BCUT2D eigenvalue weighted by molar-refractivity contribution is 0.301. The molecule has 2 heterocycles. The summed E-state index contributed by atoms with van der Waals surface area (Å²) in [6.07, 6.45) is 10.7. The summed E-state index contributed by atoms with van der Waals surface area (Å²) in [5, 5.41) is 11.4. The van der Waals surface area contributed by atoms with E-state index < -0.39 is 0 Å². The Hall–Kier alpha value is -3.71. The maximum absolute atomic E-state index is 5.87. The predicted molar refractivity (Wildman–Crippen MR) is 133 cm³/mol. The van der Waals surface area contributed by atoms with Crippen molar-refractivity contribution >= 4 is 12.2 Å². The van der Waals surface area contributed by atoms with E-state index in [0.717, 1.165) is 55.1 Å². The smallest absolute Gasteiger partial charge is 0.218 e. The van der Waals surface area contributed by atoms with Crippen molar-refractivity contribution in [3.63, 3.8) is 0 Å². The molecule has 0 saturated heterocycles. The van der Waals surface area contributed by atoms with E-state index in [1.54, 1.807) is 6.26 Å². The Morgan fingerprint density at radius 2 is 1.82 bits per heavy atom. The van der Waals surface area contributed by atoms with Crippen LogP contribution in [0.1, 0.15) is 46.8 Å². The molecule has 0 amide bonds. The number of nitrogens with one attached hydrogen (secondary N) is 1. The number of hydrogen-bond donors (Lipinski definition) is 1. The highest BCUT2D eigenvalue weighted by Gasteiger charge is 2.04. The molecule has 4 rings (SSSR count). The Morgan fingerprint density at radius 3 is 2.62 bits per heavy atom. The number of oxazole rings is 1. The lowest BCUT2D eigenvalue weighted by atomic mass is 10.1. The number of hydrogen-bond acceptors (Lipinski definition) is 6. The van der Waals surface area contributed by atoms with Crippen LogP contribution in [0.25, 0.3) is 12.2 Å². The molecular weight excluding hydrogens is 426 g/mol. The lowest BCUT2D eigenvalue weighted by Gasteiger charge is -2.06. The third-order valence-electron chi connectivity index (χ3n) is 5.42. The summed E-state index contributed by atoms with van der Waals surface area (Å²) in [5.41, 5.74) is 5.38. The molecule has 0 aliphatic carbocycles. The van der Waals surface area contributed by atoms with Gasteiger partial charge in [-0.3, -0.25) is 4.68 Å². The fourth-order valence-electron chi connectivity index (χ4n) is 3.53. The molecule has 0 fully saturated rings. The maximum Gasteiger partial charge on any atom is 0.218 e. The summed E-state index contributed by atoms with van der Waals surface area (Å²) in [6, 6.07) is 16.6. The number of ether oxygens (including phenoxy) is 1. The van der Waals surface area contributed by atoms with Crippen LogP contribution >= 0.6 is 0 Å². The fraction of sp³-hybridized carbons (Fsp3) is 0.296. The van der Waals surface area contributed by atoms with Crippen LogP contribution in [-0.4, -0.2) is 27.0 Å². The first-order valence-electron chi connectivity index (χ1n) is 11.6. The zero-order valence-corrected chi connectivity index (χ0v) is 19.8. The predicted octanol–water partition coefficient (Wildman–Crippen LogP) is 5.07. The van der Waals surface area contributed by atoms with E-state index >= 15 is 0 Å². The van der Waals surface area contributed by atoms with Crippen LogP contribution in [0.15, 0.2) is 65.4 Å². The van der Waals surface area contributed by atoms with Gasteiger partial charge in [-0.15, -0.1) is 5.10 Å². The summed E-state index contributed by atoms with van der Waals surface area (Å²) in [6.45, 7) is 4.08. The van der Waals surface area contributed by atoms with Crippen LogP contribution in [0.5, 0.6) is 5.75 Å². The van der Waals surface area contributed by atoms with Gasteiger partial charge in [0.25, 0.3) is 0 Å². The Bertz CT molecular complexity index is 1180. The average Bonchev–Trinajstić information content (AvgIpc) is 3.50. The monoisotopic (exact) mass is 457 g/mol. The van der Waals surface area contributed by atoms with E-state index in [2.05, 4.69) is 63.9 Å². The van der Waals surface area contributed by atoms with Crippen molar-refractivity contribution in [2.45, 2.75) is 45.9 Å². The van der Waals surface area contributed by atoms with E-state index in [1.807, 2.05) is 42.2 Å². The molecule has 7 nitrogen and oxygen atoms in total.